The van der Waals surface area contributed by atoms with Gasteiger partial charge in [0.05, 0.1) is 11.3 Å². The standard InChI is InChI=1S/C27H39N5O5/c1-7-20-12-21(10-17(4)25(20)36-16-23(34)14-29-24(35)15-33)19(6)31-27(37-28)22-11-18(5)26(30-13-22)32(8-2)9-3/h10-13,23,33-34H,6-9,14-16,28H2,1-5H3,(H,29,35)/b31-27-/t23-/m0/s1. The van der Waals surface area contributed by atoms with Gasteiger partial charge < -0.3 is 30.0 Å². The van der Waals surface area contributed by atoms with E-state index in [9.17, 15) is 9.90 Å². The summed E-state index contributed by atoms with van der Waals surface area (Å²) in [6, 6.07) is 5.75. The Labute approximate surface area is 218 Å². The summed E-state index contributed by atoms with van der Waals surface area (Å²) in [6.45, 7) is 15.2. The first kappa shape index (κ1) is 29.8. The largest absolute Gasteiger partial charge is 0.490 e. The van der Waals surface area contributed by atoms with Gasteiger partial charge in [-0.2, -0.15) is 5.90 Å². The van der Waals surface area contributed by atoms with Crippen molar-refractivity contribution in [2.75, 3.05) is 37.7 Å². The lowest BCUT2D eigenvalue weighted by molar-refractivity contribution is -0.124. The van der Waals surface area contributed by atoms with E-state index in [4.69, 9.17) is 20.6 Å². The number of hydrogen-bond acceptors (Lipinski definition) is 9. The molecule has 0 saturated heterocycles. The molecule has 0 saturated carbocycles. The van der Waals surface area contributed by atoms with E-state index in [-0.39, 0.29) is 19.0 Å². The molecule has 1 aromatic heterocycles. The molecule has 1 atom stereocenters. The SMILES string of the molecule is C=C(/N=C(\ON)c1cnc(N(CC)CC)c(C)c1)c1cc(C)c(OC[C@@H](O)CNC(=O)CO)c(CC)c1. The number of aryl methyl sites for hydroxylation is 3. The molecular formula is C27H39N5O5. The third-order valence-electron chi connectivity index (χ3n) is 5.87. The molecule has 0 aliphatic heterocycles. The lowest BCUT2D eigenvalue weighted by atomic mass is 10.0. The van der Waals surface area contributed by atoms with Crippen LogP contribution in [-0.4, -0.2) is 66.0 Å². The predicted molar refractivity (Wildman–Crippen MR) is 146 cm³/mol. The maximum Gasteiger partial charge on any atom is 0.246 e. The molecule has 37 heavy (non-hydrogen) atoms. The number of rotatable bonds is 13. The minimum absolute atomic E-state index is 0.0149. The minimum atomic E-state index is -0.923. The molecule has 5 N–H and O–H groups in total. The molecule has 10 heteroatoms. The number of anilines is 1. The third kappa shape index (κ3) is 8.01. The molecule has 1 aromatic carbocycles. The molecule has 1 amide bonds. The Morgan fingerprint density at radius 1 is 1.19 bits per heavy atom. The van der Waals surface area contributed by atoms with E-state index in [0.717, 1.165) is 41.2 Å². The summed E-state index contributed by atoms with van der Waals surface area (Å²) < 4.78 is 5.87. The fourth-order valence-electron chi connectivity index (χ4n) is 3.89. The van der Waals surface area contributed by atoms with Gasteiger partial charge in [-0.3, -0.25) is 4.79 Å². The second kappa shape index (κ2) is 14.3. The minimum Gasteiger partial charge on any atom is -0.490 e. The Bertz CT molecular complexity index is 1110. The summed E-state index contributed by atoms with van der Waals surface area (Å²) >= 11 is 0. The molecule has 0 fully saturated rings. The van der Waals surface area contributed by atoms with Crippen LogP contribution in [0.15, 0.2) is 36.0 Å². The molecular weight excluding hydrogens is 474 g/mol. The average Bonchev–Trinajstić information content (AvgIpc) is 2.90. The Morgan fingerprint density at radius 2 is 1.86 bits per heavy atom. The highest BCUT2D eigenvalue weighted by Gasteiger charge is 2.16. The topological polar surface area (TPSA) is 143 Å². The van der Waals surface area contributed by atoms with E-state index in [0.29, 0.717) is 23.4 Å². The Balaban J connectivity index is 2.24. The van der Waals surface area contributed by atoms with E-state index in [1.807, 2.05) is 39.0 Å². The van der Waals surface area contributed by atoms with Crippen LogP contribution in [0.4, 0.5) is 5.82 Å². The van der Waals surface area contributed by atoms with Crippen LogP contribution in [0.3, 0.4) is 0 Å². The monoisotopic (exact) mass is 513 g/mol. The predicted octanol–water partition coefficient (Wildman–Crippen LogP) is 2.26. The number of pyridine rings is 1. The van der Waals surface area contributed by atoms with Crippen LogP contribution in [0.25, 0.3) is 5.70 Å². The summed E-state index contributed by atoms with van der Waals surface area (Å²) in [5.74, 6) is 6.77. The van der Waals surface area contributed by atoms with E-state index in [1.165, 1.54) is 0 Å². The lowest BCUT2D eigenvalue weighted by Crippen LogP contribution is -2.36. The number of aliphatic hydroxyl groups is 2. The van der Waals surface area contributed by atoms with Crippen molar-refractivity contribution in [1.82, 2.24) is 10.3 Å². The number of ether oxygens (including phenoxy) is 1. The number of benzene rings is 1. The van der Waals surface area contributed by atoms with Crippen LogP contribution in [0, 0.1) is 13.8 Å². The zero-order chi connectivity index (χ0) is 27.5. The Morgan fingerprint density at radius 3 is 2.43 bits per heavy atom. The van der Waals surface area contributed by atoms with Crippen molar-refractivity contribution < 1.29 is 24.6 Å². The molecule has 2 rings (SSSR count). The average molecular weight is 514 g/mol. The summed E-state index contributed by atoms with van der Waals surface area (Å²) in [6.07, 6.45) is 1.44. The van der Waals surface area contributed by atoms with Crippen molar-refractivity contribution in [2.24, 2.45) is 10.9 Å². The van der Waals surface area contributed by atoms with Crippen LogP contribution in [0.5, 0.6) is 5.75 Å². The normalized spacial score (nSPS) is 12.2. The first-order valence-electron chi connectivity index (χ1n) is 12.4. The molecule has 0 unspecified atom stereocenters. The van der Waals surface area contributed by atoms with E-state index >= 15 is 0 Å². The van der Waals surface area contributed by atoms with E-state index < -0.39 is 18.6 Å². The zero-order valence-electron chi connectivity index (χ0n) is 22.4. The van der Waals surface area contributed by atoms with Crippen molar-refractivity contribution >= 4 is 23.3 Å². The van der Waals surface area contributed by atoms with Gasteiger partial charge in [0.1, 0.15) is 30.9 Å². The summed E-state index contributed by atoms with van der Waals surface area (Å²) in [4.78, 5) is 27.6. The number of hydrogen-bond donors (Lipinski definition) is 4. The van der Waals surface area contributed by atoms with Crippen LogP contribution < -0.4 is 20.9 Å². The van der Waals surface area contributed by atoms with Gasteiger partial charge in [-0.1, -0.05) is 13.5 Å². The third-order valence-corrected chi connectivity index (χ3v) is 5.87. The van der Waals surface area contributed by atoms with Crippen molar-refractivity contribution in [2.45, 2.75) is 47.1 Å². The Hall–Kier alpha value is -3.47. The molecule has 2 aromatic rings. The number of aliphatic hydroxyl groups excluding tert-OH is 2. The molecule has 1 heterocycles. The number of amides is 1. The number of carbonyl (C=O) groups excluding carboxylic acids is 1. The van der Waals surface area contributed by atoms with Gasteiger partial charge in [-0.25, -0.2) is 9.98 Å². The highest BCUT2D eigenvalue weighted by atomic mass is 16.6. The smallest absolute Gasteiger partial charge is 0.246 e. The van der Waals surface area contributed by atoms with Gasteiger partial charge in [0.15, 0.2) is 0 Å². The van der Waals surface area contributed by atoms with Crippen LogP contribution in [0.2, 0.25) is 0 Å². The van der Waals surface area contributed by atoms with Crippen molar-refractivity contribution in [3.05, 3.63) is 58.8 Å². The van der Waals surface area contributed by atoms with Gasteiger partial charge in [0, 0.05) is 31.4 Å². The molecule has 10 nitrogen and oxygen atoms in total. The molecule has 202 valence electrons. The number of carbonyl (C=O) groups is 1. The number of nitrogens with zero attached hydrogens (tertiary/aromatic N) is 3. The molecule has 0 radical (unpaired) electrons. The quantitative estimate of drug-likeness (QED) is 0.181. The van der Waals surface area contributed by atoms with Crippen molar-refractivity contribution in [3.63, 3.8) is 0 Å². The van der Waals surface area contributed by atoms with Gasteiger partial charge in [-0.15, -0.1) is 0 Å². The van der Waals surface area contributed by atoms with Crippen molar-refractivity contribution in [1.29, 1.82) is 0 Å². The fraction of sp³-hybridized carbons (Fsp3) is 0.444. The summed E-state index contributed by atoms with van der Waals surface area (Å²) in [5, 5.41) is 21.3. The Kier molecular flexibility index (Phi) is 11.5. The number of aromatic nitrogens is 1. The zero-order valence-corrected chi connectivity index (χ0v) is 22.4. The highest BCUT2D eigenvalue weighted by Crippen LogP contribution is 2.30. The second-order valence-corrected chi connectivity index (χ2v) is 8.58. The first-order chi connectivity index (χ1) is 17.7. The number of aliphatic imine (C=N–C) groups is 1. The van der Waals surface area contributed by atoms with E-state index in [2.05, 4.69) is 40.6 Å². The van der Waals surface area contributed by atoms with Gasteiger partial charge in [0.2, 0.25) is 11.8 Å². The number of nitrogens with two attached hydrogens (primary N) is 1. The molecule has 0 spiro atoms. The molecule has 0 aliphatic carbocycles. The highest BCUT2D eigenvalue weighted by molar-refractivity contribution is 5.97. The maximum atomic E-state index is 11.2. The van der Waals surface area contributed by atoms with Gasteiger partial charge >= 0.3 is 0 Å². The maximum absolute atomic E-state index is 11.2. The van der Waals surface area contributed by atoms with Crippen molar-refractivity contribution in [3.8, 4) is 5.75 Å². The molecule has 0 aliphatic rings. The first-order valence-corrected chi connectivity index (χ1v) is 12.4. The van der Waals surface area contributed by atoms with Gasteiger partial charge in [-0.05, 0) is 69.0 Å². The fourth-order valence-corrected chi connectivity index (χ4v) is 3.89. The van der Waals surface area contributed by atoms with Crippen LogP contribution in [-0.2, 0) is 16.1 Å². The van der Waals surface area contributed by atoms with E-state index in [1.54, 1.807) is 6.20 Å². The molecule has 0 bridgehead atoms. The summed E-state index contributed by atoms with van der Waals surface area (Å²) in [7, 11) is 0. The lowest BCUT2D eigenvalue weighted by Gasteiger charge is -2.22. The van der Waals surface area contributed by atoms with Crippen LogP contribution >= 0.6 is 0 Å². The number of nitrogens with one attached hydrogen (secondary N) is 1. The van der Waals surface area contributed by atoms with Gasteiger partial charge in [0.25, 0.3) is 0 Å². The summed E-state index contributed by atoms with van der Waals surface area (Å²) in [5.41, 5.74) is 4.62. The second-order valence-electron chi connectivity index (χ2n) is 8.58. The van der Waals surface area contributed by atoms with Crippen LogP contribution in [0.1, 0.15) is 48.6 Å².